The van der Waals surface area contributed by atoms with Gasteiger partial charge in [-0.25, -0.2) is 14.7 Å². The normalized spacial score (nSPS) is 18.8. The largest absolute Gasteiger partial charge is 0.480 e. The van der Waals surface area contributed by atoms with Crippen molar-refractivity contribution in [3.05, 3.63) is 80.4 Å². The molecule has 0 bridgehead atoms. The number of carboxylic acid groups (broad SMARTS) is 1. The molecule has 3 N–H and O–H groups in total. The number of esters is 1. The van der Waals surface area contributed by atoms with Crippen molar-refractivity contribution in [1.29, 1.82) is 0 Å². The Bertz CT molecular complexity index is 2010. The van der Waals surface area contributed by atoms with Gasteiger partial charge in [-0.15, -0.1) is 0 Å². The zero-order valence-electron chi connectivity index (χ0n) is 30.0. The first-order chi connectivity index (χ1) is 25.7. The van der Waals surface area contributed by atoms with E-state index in [9.17, 15) is 29.5 Å². The van der Waals surface area contributed by atoms with Gasteiger partial charge in [0, 0.05) is 84.4 Å². The smallest absolute Gasteiger partial charge is 0.340 e. The van der Waals surface area contributed by atoms with Crippen LogP contribution in [0, 0.1) is 0 Å². The second kappa shape index (κ2) is 12.8. The number of nitrogens with zero attached hydrogens (tertiary/aromatic N) is 3. The maximum Gasteiger partial charge on any atom is 0.340 e. The molecule has 0 unspecified atom stereocenters. The van der Waals surface area contributed by atoms with Crippen LogP contribution >= 0.6 is 0 Å². The molecule has 0 aliphatic carbocycles. The number of anilines is 2. The van der Waals surface area contributed by atoms with Crippen LogP contribution in [0.3, 0.4) is 0 Å². The summed E-state index contributed by atoms with van der Waals surface area (Å²) in [5.74, 6) is -1.29. The van der Waals surface area contributed by atoms with E-state index in [0.717, 1.165) is 100 Å². The zero-order chi connectivity index (χ0) is 36.6. The molecule has 0 fully saturated rings. The van der Waals surface area contributed by atoms with Crippen LogP contribution in [0.15, 0.2) is 30.3 Å². The average molecular weight is 721 g/mol. The number of aryl methyl sites for hydroxylation is 2. The van der Waals surface area contributed by atoms with Crippen molar-refractivity contribution in [3.8, 4) is 11.5 Å². The number of hydrogen-bond acceptors (Lipinski definition) is 9. The van der Waals surface area contributed by atoms with Gasteiger partial charge in [-0.2, -0.15) is 0 Å². The first-order valence-corrected chi connectivity index (χ1v) is 19.1. The van der Waals surface area contributed by atoms with E-state index in [1.54, 1.807) is 12.1 Å². The minimum Gasteiger partial charge on any atom is -0.480 e. The number of carbonyl (C=O) groups is 4. The Morgan fingerprint density at radius 3 is 2.00 bits per heavy atom. The highest BCUT2D eigenvalue weighted by Crippen LogP contribution is 2.62. The quantitative estimate of drug-likeness (QED) is 0.122. The summed E-state index contributed by atoms with van der Waals surface area (Å²) < 4.78 is 13.9. The minimum absolute atomic E-state index is 0.0622. The molecule has 6 aliphatic rings. The number of rotatable bonds is 8. The van der Waals surface area contributed by atoms with E-state index in [1.807, 2.05) is 0 Å². The second-order valence-corrected chi connectivity index (χ2v) is 15.3. The molecule has 12 heteroatoms. The summed E-state index contributed by atoms with van der Waals surface area (Å²) in [6, 6.07) is 8.20. The van der Waals surface area contributed by atoms with Gasteiger partial charge in [-0.3, -0.25) is 14.8 Å². The molecule has 6 aliphatic heterocycles. The van der Waals surface area contributed by atoms with E-state index in [-0.39, 0.29) is 24.1 Å². The third-order valence-corrected chi connectivity index (χ3v) is 12.1. The van der Waals surface area contributed by atoms with Gasteiger partial charge >= 0.3 is 11.9 Å². The topological polar surface area (TPSA) is 149 Å². The molecule has 6 heterocycles. The van der Waals surface area contributed by atoms with Crippen molar-refractivity contribution in [2.75, 3.05) is 42.5 Å². The van der Waals surface area contributed by atoms with Crippen molar-refractivity contribution in [1.82, 2.24) is 10.4 Å². The van der Waals surface area contributed by atoms with Crippen LogP contribution in [0.2, 0.25) is 0 Å². The molecule has 276 valence electrons. The van der Waals surface area contributed by atoms with Gasteiger partial charge in [-0.05, 0) is 106 Å². The lowest BCUT2D eigenvalue weighted by Gasteiger charge is -2.45. The minimum atomic E-state index is -1.27. The SMILES string of the molecule is CC(=O)N(O)CCCC[C@H](NC(=O)c1ccc2c(c1)C(=O)OC21c2cc3c4c(c2Oc2c1cc1c5c2CCCN5CCC1)CCCN4CCC3)C(=O)O. The molecule has 53 heavy (non-hydrogen) atoms. The van der Waals surface area contributed by atoms with Crippen LogP contribution in [-0.2, 0) is 45.6 Å². The molecule has 2 amide bonds. The molecule has 3 aromatic rings. The number of carbonyl (C=O) groups excluding carboxylic acids is 3. The highest BCUT2D eigenvalue weighted by Gasteiger charge is 2.56. The lowest BCUT2D eigenvalue weighted by Crippen LogP contribution is -2.41. The Morgan fingerprint density at radius 1 is 0.849 bits per heavy atom. The predicted octanol–water partition coefficient (Wildman–Crippen LogP) is 5.24. The summed E-state index contributed by atoms with van der Waals surface area (Å²) in [6.07, 6.45) is 8.56. The summed E-state index contributed by atoms with van der Waals surface area (Å²) in [7, 11) is 0. The monoisotopic (exact) mass is 720 g/mol. The Kier molecular flexibility index (Phi) is 8.14. The fourth-order valence-corrected chi connectivity index (χ4v) is 9.74. The van der Waals surface area contributed by atoms with E-state index >= 15 is 0 Å². The summed E-state index contributed by atoms with van der Waals surface area (Å²) in [4.78, 5) is 56.2. The van der Waals surface area contributed by atoms with Crippen molar-refractivity contribution in [3.63, 3.8) is 0 Å². The Hall–Kier alpha value is -5.10. The van der Waals surface area contributed by atoms with Gasteiger partial charge in [0.05, 0.1) is 5.56 Å². The third kappa shape index (κ3) is 5.27. The number of hydrogen-bond donors (Lipinski definition) is 3. The van der Waals surface area contributed by atoms with Gasteiger partial charge in [-0.1, -0.05) is 6.07 Å². The fourth-order valence-electron chi connectivity index (χ4n) is 9.74. The van der Waals surface area contributed by atoms with E-state index in [1.165, 1.54) is 46.6 Å². The molecule has 0 saturated carbocycles. The molecule has 1 spiro atoms. The molecule has 12 nitrogen and oxygen atoms in total. The molecule has 1 atom stereocenters. The molecule has 0 saturated heterocycles. The van der Waals surface area contributed by atoms with Crippen LogP contribution < -0.4 is 19.9 Å². The summed E-state index contributed by atoms with van der Waals surface area (Å²) >= 11 is 0. The first kappa shape index (κ1) is 33.7. The number of carboxylic acids is 1. The van der Waals surface area contributed by atoms with Crippen molar-refractivity contribution >= 4 is 35.1 Å². The molecule has 3 aromatic carbocycles. The van der Waals surface area contributed by atoms with Gasteiger partial charge in [0.2, 0.25) is 5.91 Å². The first-order valence-electron chi connectivity index (χ1n) is 19.1. The van der Waals surface area contributed by atoms with Crippen molar-refractivity contribution in [2.45, 2.75) is 89.2 Å². The van der Waals surface area contributed by atoms with Crippen molar-refractivity contribution < 1.29 is 39.0 Å². The zero-order valence-corrected chi connectivity index (χ0v) is 30.0. The highest BCUT2D eigenvalue weighted by molar-refractivity contribution is 6.03. The molecule has 9 rings (SSSR count). The Morgan fingerprint density at radius 2 is 1.43 bits per heavy atom. The third-order valence-electron chi connectivity index (χ3n) is 12.1. The van der Waals surface area contributed by atoms with Gasteiger partial charge in [0.15, 0.2) is 5.60 Å². The van der Waals surface area contributed by atoms with E-state index in [0.29, 0.717) is 23.5 Å². The lowest BCUT2D eigenvalue weighted by atomic mass is 9.72. The highest BCUT2D eigenvalue weighted by atomic mass is 16.6. The number of unbranched alkanes of at least 4 members (excludes halogenated alkanes) is 1. The summed E-state index contributed by atoms with van der Waals surface area (Å²) in [5, 5.41) is 22.7. The number of ether oxygens (including phenoxy) is 2. The van der Waals surface area contributed by atoms with Crippen molar-refractivity contribution in [2.24, 2.45) is 0 Å². The Labute approximate surface area is 307 Å². The van der Waals surface area contributed by atoms with Crippen LogP contribution in [0.1, 0.15) is 112 Å². The van der Waals surface area contributed by atoms with Crippen LogP contribution in [0.25, 0.3) is 0 Å². The fraction of sp³-hybridized carbons (Fsp3) is 0.463. The van der Waals surface area contributed by atoms with E-state index < -0.39 is 35.4 Å². The van der Waals surface area contributed by atoms with E-state index in [2.05, 4.69) is 27.2 Å². The molecular weight excluding hydrogens is 676 g/mol. The number of nitrogens with one attached hydrogen (secondary N) is 1. The van der Waals surface area contributed by atoms with Gasteiger partial charge in [0.1, 0.15) is 17.5 Å². The van der Waals surface area contributed by atoms with E-state index in [4.69, 9.17) is 9.47 Å². The maximum absolute atomic E-state index is 14.2. The molecular formula is C41H44N4O8. The molecule has 0 aromatic heterocycles. The lowest BCUT2D eigenvalue weighted by molar-refractivity contribution is -0.162. The summed E-state index contributed by atoms with van der Waals surface area (Å²) in [5.41, 5.74) is 8.87. The number of benzene rings is 3. The van der Waals surface area contributed by atoms with Crippen LogP contribution in [0.5, 0.6) is 11.5 Å². The second-order valence-electron chi connectivity index (χ2n) is 15.3. The van der Waals surface area contributed by atoms with Crippen LogP contribution in [-0.4, -0.2) is 77.9 Å². The predicted molar refractivity (Wildman–Crippen MR) is 194 cm³/mol. The van der Waals surface area contributed by atoms with Gasteiger partial charge < -0.3 is 29.7 Å². The average Bonchev–Trinajstić information content (AvgIpc) is 3.45. The number of fused-ring (bicyclic) bond motifs is 8. The number of hydroxylamine groups is 2. The summed E-state index contributed by atoms with van der Waals surface area (Å²) in [6.45, 7) is 5.36. The maximum atomic E-state index is 14.2. The standard InChI is InChI=1S/C41H44N4O8/c1-23(46)45(51)19-3-2-12-33(39(48)49)42-38(47)26-13-14-30-29(20-26)40(50)53-41(30)31-21-24-8-4-15-43-17-6-10-27(34(24)43)36(31)52-37-28-11-7-18-44-16-5-9-25(35(28)44)22-32(37)41/h13-14,20-22,33,51H,2-12,15-19H2,1H3,(H,42,47)(H,48,49)/t33-/m0/s1. The van der Waals surface area contributed by atoms with Gasteiger partial charge in [0.25, 0.3) is 5.91 Å². The Balaban J connectivity index is 1.13. The molecule has 0 radical (unpaired) electrons. The van der Waals surface area contributed by atoms with Crippen LogP contribution in [0.4, 0.5) is 11.4 Å². The number of amides is 2. The number of aliphatic carboxylic acids is 1.